The van der Waals surface area contributed by atoms with E-state index in [4.69, 9.17) is 4.74 Å². The predicted molar refractivity (Wildman–Crippen MR) is 67.7 cm³/mol. The Bertz CT molecular complexity index is 680. The van der Waals surface area contributed by atoms with Gasteiger partial charge in [0, 0.05) is 0 Å². The number of aromatic nitrogens is 5. The molecule has 0 aliphatic carbocycles. The average molecular weight is 254 g/mol. The Morgan fingerprint density at radius 3 is 2.79 bits per heavy atom. The van der Waals surface area contributed by atoms with E-state index in [1.165, 1.54) is 0 Å². The zero-order chi connectivity index (χ0) is 13.1. The van der Waals surface area contributed by atoms with Crippen LogP contribution in [0, 0.1) is 0 Å². The number of rotatable bonds is 3. The largest absolute Gasteiger partial charge is 0.480 e. The summed E-state index contributed by atoms with van der Waals surface area (Å²) < 4.78 is 6.86. The van der Waals surface area contributed by atoms with Crippen LogP contribution in [0.25, 0.3) is 17.2 Å². The van der Waals surface area contributed by atoms with Gasteiger partial charge in [0.2, 0.25) is 5.88 Å². The van der Waals surface area contributed by atoms with Crippen LogP contribution in [0.5, 0.6) is 5.88 Å². The number of nitrogens with one attached hydrogen (secondary N) is 1. The summed E-state index contributed by atoms with van der Waals surface area (Å²) in [6.45, 7) is 0. The number of hydrogen-bond donors (Lipinski definition) is 1. The molecule has 19 heavy (non-hydrogen) atoms. The molecule has 1 N–H and O–H groups in total. The maximum Gasteiger partial charge on any atom is 0.312 e. The van der Waals surface area contributed by atoms with Crippen LogP contribution in [0.2, 0.25) is 0 Å². The van der Waals surface area contributed by atoms with E-state index in [9.17, 15) is 0 Å². The number of nitrogens with zero attached hydrogens (tertiary/aromatic N) is 4. The third kappa shape index (κ3) is 2.28. The molecule has 0 amide bonds. The summed E-state index contributed by atoms with van der Waals surface area (Å²) in [7, 11) is 1.56. The first-order valence-electron chi connectivity index (χ1n) is 5.75. The zero-order valence-electron chi connectivity index (χ0n) is 10.3. The van der Waals surface area contributed by atoms with E-state index in [1.807, 2.05) is 35.0 Å². The highest BCUT2D eigenvalue weighted by atomic mass is 16.5. The van der Waals surface area contributed by atoms with Crippen molar-refractivity contribution in [3.8, 4) is 23.1 Å². The fourth-order valence-corrected chi connectivity index (χ4v) is 1.69. The van der Waals surface area contributed by atoms with Crippen molar-refractivity contribution in [3.05, 3.63) is 49.1 Å². The summed E-state index contributed by atoms with van der Waals surface area (Å²) in [5.41, 5.74) is 1.63. The van der Waals surface area contributed by atoms with Gasteiger partial charge in [0.1, 0.15) is 0 Å². The molecule has 94 valence electrons. The molecule has 1 aromatic carbocycles. The van der Waals surface area contributed by atoms with E-state index in [-0.39, 0.29) is 0 Å². The molecule has 0 saturated carbocycles. The summed E-state index contributed by atoms with van der Waals surface area (Å²) in [6.07, 6.45) is 4.89. The van der Waals surface area contributed by atoms with E-state index < -0.39 is 0 Å². The number of benzene rings is 1. The van der Waals surface area contributed by atoms with Crippen molar-refractivity contribution >= 4 is 0 Å². The van der Waals surface area contributed by atoms with Gasteiger partial charge in [-0.3, -0.25) is 4.98 Å². The highest BCUT2D eigenvalue weighted by Gasteiger charge is 2.14. The van der Waals surface area contributed by atoms with E-state index in [0.717, 1.165) is 5.69 Å². The Morgan fingerprint density at radius 1 is 1.16 bits per heavy atom. The Hall–Kier alpha value is -2.76. The predicted octanol–water partition coefficient (Wildman–Crippen LogP) is 1.15. The summed E-state index contributed by atoms with van der Waals surface area (Å²) in [6, 6.07) is 9.87. The topological polar surface area (TPSA) is 67.6 Å². The molecule has 0 bridgehead atoms. The molecular formula is C13H12N5O+. The number of hydrogen-bond acceptors (Lipinski definition) is 4. The van der Waals surface area contributed by atoms with Gasteiger partial charge < -0.3 is 4.74 Å². The van der Waals surface area contributed by atoms with Gasteiger partial charge in [-0.05, 0) is 17.1 Å². The molecule has 3 rings (SSSR count). The van der Waals surface area contributed by atoms with Crippen LogP contribution < -0.4 is 9.42 Å². The van der Waals surface area contributed by atoms with Crippen LogP contribution in [0.15, 0.2) is 49.1 Å². The Labute approximate surface area is 109 Å². The first-order chi connectivity index (χ1) is 9.36. The van der Waals surface area contributed by atoms with Crippen LogP contribution in [0.1, 0.15) is 0 Å². The third-order valence-corrected chi connectivity index (χ3v) is 2.63. The van der Waals surface area contributed by atoms with Gasteiger partial charge in [-0.15, -0.1) is 4.68 Å². The lowest BCUT2D eigenvalue weighted by Gasteiger charge is -1.97. The van der Waals surface area contributed by atoms with E-state index in [1.54, 1.807) is 25.8 Å². The van der Waals surface area contributed by atoms with Crippen molar-refractivity contribution in [2.45, 2.75) is 0 Å². The van der Waals surface area contributed by atoms with Gasteiger partial charge in [-0.1, -0.05) is 18.2 Å². The van der Waals surface area contributed by atoms with Gasteiger partial charge in [0.25, 0.3) is 0 Å². The number of aromatic amines is 1. The molecule has 2 aromatic heterocycles. The Kier molecular flexibility index (Phi) is 2.89. The Balaban J connectivity index is 1.97. The monoisotopic (exact) mass is 254 g/mol. The molecule has 0 fully saturated rings. The standard InChI is InChI=1S/C13H11N5O/c1-19-12-8-14-7-11(16-12)13-15-9-18(17-13)10-5-3-2-4-6-10/h2-9H,1H3/p+1. The molecule has 6 nitrogen and oxygen atoms in total. The van der Waals surface area contributed by atoms with E-state index in [2.05, 4.69) is 20.1 Å². The molecule has 0 atom stereocenters. The van der Waals surface area contributed by atoms with Gasteiger partial charge in [-0.25, -0.2) is 4.98 Å². The molecule has 0 spiro atoms. The van der Waals surface area contributed by atoms with Crippen molar-refractivity contribution in [3.63, 3.8) is 0 Å². The summed E-state index contributed by atoms with van der Waals surface area (Å²) >= 11 is 0. The fourth-order valence-electron chi connectivity index (χ4n) is 1.69. The van der Waals surface area contributed by atoms with Crippen LogP contribution in [-0.4, -0.2) is 27.2 Å². The first kappa shape index (κ1) is 11.3. The van der Waals surface area contributed by atoms with Gasteiger partial charge >= 0.3 is 12.2 Å². The average Bonchev–Trinajstić information content (AvgIpc) is 2.98. The highest BCUT2D eigenvalue weighted by molar-refractivity contribution is 5.46. The number of para-hydroxylation sites is 1. The van der Waals surface area contributed by atoms with Crippen molar-refractivity contribution in [2.75, 3.05) is 7.11 Å². The quantitative estimate of drug-likeness (QED) is 0.712. The molecule has 0 unspecified atom stereocenters. The molecule has 2 heterocycles. The Morgan fingerprint density at radius 2 is 2.00 bits per heavy atom. The summed E-state index contributed by atoms with van der Waals surface area (Å²) in [4.78, 5) is 12.6. The molecule has 0 aliphatic rings. The second-order valence-corrected chi connectivity index (χ2v) is 3.86. The number of methoxy groups -OCH3 is 1. The van der Waals surface area contributed by atoms with Crippen molar-refractivity contribution in [1.82, 2.24) is 20.1 Å². The van der Waals surface area contributed by atoms with Crippen molar-refractivity contribution < 1.29 is 9.42 Å². The molecule has 0 radical (unpaired) electrons. The number of H-pyrrole nitrogens is 1. The highest BCUT2D eigenvalue weighted by Crippen LogP contribution is 2.12. The summed E-state index contributed by atoms with van der Waals surface area (Å²) in [5.74, 6) is 1.09. The molecule has 6 heteroatoms. The zero-order valence-corrected chi connectivity index (χ0v) is 10.3. The van der Waals surface area contributed by atoms with Gasteiger partial charge in [-0.2, -0.15) is 5.10 Å². The van der Waals surface area contributed by atoms with Crippen LogP contribution >= 0.6 is 0 Å². The second kappa shape index (κ2) is 4.85. The minimum absolute atomic E-state index is 0.458. The lowest BCUT2D eigenvalue weighted by Crippen LogP contribution is -2.31. The minimum atomic E-state index is 0.458. The van der Waals surface area contributed by atoms with E-state index >= 15 is 0 Å². The lowest BCUT2D eigenvalue weighted by molar-refractivity contribution is -0.656. The SMILES string of the molecule is COc1cncc(-c2nc[n+](-c3ccccc3)[nH]2)n1. The number of ether oxygens (including phenoxy) is 1. The third-order valence-electron chi connectivity index (χ3n) is 2.63. The summed E-state index contributed by atoms with van der Waals surface area (Å²) in [5, 5.41) is 3.14. The minimum Gasteiger partial charge on any atom is -0.480 e. The fraction of sp³-hybridized carbons (Fsp3) is 0.0769. The van der Waals surface area contributed by atoms with Gasteiger partial charge in [0.05, 0.1) is 19.5 Å². The molecule has 0 aliphatic heterocycles. The van der Waals surface area contributed by atoms with Crippen LogP contribution in [0.3, 0.4) is 0 Å². The smallest absolute Gasteiger partial charge is 0.312 e. The van der Waals surface area contributed by atoms with Crippen molar-refractivity contribution in [1.29, 1.82) is 0 Å². The van der Waals surface area contributed by atoms with Gasteiger partial charge in [0.15, 0.2) is 11.4 Å². The normalized spacial score (nSPS) is 10.4. The molecule has 0 saturated heterocycles. The van der Waals surface area contributed by atoms with E-state index in [0.29, 0.717) is 17.4 Å². The molecular weight excluding hydrogens is 242 g/mol. The lowest BCUT2D eigenvalue weighted by atomic mass is 10.3. The maximum absolute atomic E-state index is 5.05. The first-order valence-corrected chi connectivity index (χ1v) is 5.75. The maximum atomic E-state index is 5.05. The van der Waals surface area contributed by atoms with Crippen molar-refractivity contribution in [2.24, 2.45) is 0 Å². The molecule has 3 aromatic rings. The van der Waals surface area contributed by atoms with Crippen LogP contribution in [-0.2, 0) is 0 Å². The van der Waals surface area contributed by atoms with Crippen LogP contribution in [0.4, 0.5) is 0 Å². The second-order valence-electron chi connectivity index (χ2n) is 3.86.